The van der Waals surface area contributed by atoms with Crippen molar-refractivity contribution in [3.05, 3.63) is 71.3 Å². The van der Waals surface area contributed by atoms with Gasteiger partial charge < -0.3 is 10.4 Å². The van der Waals surface area contributed by atoms with Crippen molar-refractivity contribution < 1.29 is 5.11 Å². The highest BCUT2D eigenvalue weighted by Crippen LogP contribution is 2.46. The van der Waals surface area contributed by atoms with Crippen molar-refractivity contribution in [3.63, 3.8) is 0 Å². The predicted molar refractivity (Wildman–Crippen MR) is 95.2 cm³/mol. The van der Waals surface area contributed by atoms with Gasteiger partial charge in [-0.25, -0.2) is 0 Å². The molecule has 2 N–H and O–H groups in total. The average molecular weight is 309 g/mol. The van der Waals surface area contributed by atoms with Crippen LogP contribution >= 0.6 is 0 Å². The molecule has 122 valence electrons. The molecular formula is C21H27NO. The summed E-state index contributed by atoms with van der Waals surface area (Å²) in [6, 6.07) is 19.2. The molecule has 2 heteroatoms. The second kappa shape index (κ2) is 7.29. The largest absolute Gasteiger partial charge is 0.388 e. The number of aliphatic hydroxyl groups excluding tert-OH is 1. The molecule has 0 heterocycles. The third-order valence-corrected chi connectivity index (χ3v) is 5.02. The van der Waals surface area contributed by atoms with E-state index in [1.807, 2.05) is 6.07 Å². The molecule has 0 amide bonds. The van der Waals surface area contributed by atoms with Crippen molar-refractivity contribution in [2.45, 2.75) is 38.8 Å². The van der Waals surface area contributed by atoms with E-state index in [-0.39, 0.29) is 18.1 Å². The molecule has 0 spiro atoms. The van der Waals surface area contributed by atoms with Crippen molar-refractivity contribution in [2.24, 2.45) is 11.8 Å². The second-order valence-electron chi connectivity index (χ2n) is 6.92. The fourth-order valence-electron chi connectivity index (χ4n) is 3.85. The third kappa shape index (κ3) is 3.49. The molecule has 3 unspecified atom stereocenters. The summed E-state index contributed by atoms with van der Waals surface area (Å²) in [7, 11) is 0. The van der Waals surface area contributed by atoms with Gasteiger partial charge in [-0.1, -0.05) is 68.4 Å². The van der Waals surface area contributed by atoms with Gasteiger partial charge in [0.2, 0.25) is 0 Å². The SMILES string of the molecule is CC(C)C1C(O)c2ccccc2C1NCCCc1ccccc1. The first-order valence-electron chi connectivity index (χ1n) is 8.72. The van der Waals surface area contributed by atoms with Crippen molar-refractivity contribution in [1.29, 1.82) is 0 Å². The van der Waals surface area contributed by atoms with Gasteiger partial charge in [-0.3, -0.25) is 0 Å². The van der Waals surface area contributed by atoms with Crippen LogP contribution in [0.25, 0.3) is 0 Å². The van der Waals surface area contributed by atoms with Gasteiger partial charge >= 0.3 is 0 Å². The van der Waals surface area contributed by atoms with Crippen LogP contribution in [0, 0.1) is 11.8 Å². The van der Waals surface area contributed by atoms with Crippen molar-refractivity contribution >= 4 is 0 Å². The zero-order chi connectivity index (χ0) is 16.2. The zero-order valence-corrected chi connectivity index (χ0v) is 14.1. The van der Waals surface area contributed by atoms with Crippen LogP contribution in [0.1, 0.15) is 49.1 Å². The van der Waals surface area contributed by atoms with Gasteiger partial charge in [0.25, 0.3) is 0 Å². The Bertz CT molecular complexity index is 623. The van der Waals surface area contributed by atoms with E-state index in [1.165, 1.54) is 11.1 Å². The summed E-state index contributed by atoms with van der Waals surface area (Å²) in [4.78, 5) is 0. The lowest BCUT2D eigenvalue weighted by molar-refractivity contribution is 0.0751. The maximum atomic E-state index is 10.7. The molecular weight excluding hydrogens is 282 g/mol. The van der Waals surface area contributed by atoms with E-state index in [1.54, 1.807) is 0 Å². The van der Waals surface area contributed by atoms with E-state index in [4.69, 9.17) is 0 Å². The first-order chi connectivity index (χ1) is 11.2. The van der Waals surface area contributed by atoms with Gasteiger partial charge in [-0.05, 0) is 42.0 Å². The molecule has 2 aromatic carbocycles. The normalized spacial score (nSPS) is 23.2. The Hall–Kier alpha value is -1.64. The lowest BCUT2D eigenvalue weighted by Gasteiger charge is -2.27. The molecule has 3 rings (SSSR count). The van der Waals surface area contributed by atoms with Crippen LogP contribution in [0.3, 0.4) is 0 Å². The molecule has 2 nitrogen and oxygen atoms in total. The van der Waals surface area contributed by atoms with Gasteiger partial charge in [-0.2, -0.15) is 0 Å². The number of hydrogen-bond acceptors (Lipinski definition) is 2. The molecule has 23 heavy (non-hydrogen) atoms. The lowest BCUT2D eigenvalue weighted by Crippen LogP contribution is -2.30. The summed E-state index contributed by atoms with van der Waals surface area (Å²) in [6.07, 6.45) is 1.86. The number of nitrogens with one attached hydrogen (secondary N) is 1. The third-order valence-electron chi connectivity index (χ3n) is 5.02. The first-order valence-corrected chi connectivity index (χ1v) is 8.72. The molecule has 1 aliphatic carbocycles. The minimum Gasteiger partial charge on any atom is -0.388 e. The number of aryl methyl sites for hydroxylation is 1. The highest BCUT2D eigenvalue weighted by atomic mass is 16.3. The molecule has 1 aliphatic rings. The fourth-order valence-corrected chi connectivity index (χ4v) is 3.85. The number of benzene rings is 2. The maximum Gasteiger partial charge on any atom is 0.0842 e. The first kappa shape index (κ1) is 16.2. The number of rotatable bonds is 6. The van der Waals surface area contributed by atoms with E-state index in [2.05, 4.69) is 67.7 Å². The molecule has 0 bridgehead atoms. The topological polar surface area (TPSA) is 32.3 Å². The molecule has 0 radical (unpaired) electrons. The smallest absolute Gasteiger partial charge is 0.0842 e. The van der Waals surface area contributed by atoms with E-state index < -0.39 is 0 Å². The Morgan fingerprint density at radius 1 is 0.957 bits per heavy atom. The Labute approximate surface area is 139 Å². The second-order valence-corrected chi connectivity index (χ2v) is 6.92. The minimum atomic E-state index is -0.349. The molecule has 0 saturated carbocycles. The number of hydrogen-bond donors (Lipinski definition) is 2. The molecule has 0 aromatic heterocycles. The predicted octanol–water partition coefficient (Wildman–Crippen LogP) is 4.27. The summed E-state index contributed by atoms with van der Waals surface area (Å²) in [5.41, 5.74) is 3.77. The molecule has 0 fully saturated rings. The highest BCUT2D eigenvalue weighted by Gasteiger charge is 2.40. The van der Waals surface area contributed by atoms with Gasteiger partial charge in [0, 0.05) is 12.0 Å². The van der Waals surface area contributed by atoms with Gasteiger partial charge in [-0.15, -0.1) is 0 Å². The van der Waals surface area contributed by atoms with Gasteiger partial charge in [0.1, 0.15) is 0 Å². The van der Waals surface area contributed by atoms with Gasteiger partial charge in [0.15, 0.2) is 0 Å². The van der Waals surface area contributed by atoms with Crippen molar-refractivity contribution in [3.8, 4) is 0 Å². The minimum absolute atomic E-state index is 0.254. The van der Waals surface area contributed by atoms with Crippen molar-refractivity contribution in [1.82, 2.24) is 5.32 Å². The maximum absolute atomic E-state index is 10.7. The Morgan fingerprint density at radius 3 is 2.30 bits per heavy atom. The van der Waals surface area contributed by atoms with Gasteiger partial charge in [0.05, 0.1) is 6.10 Å². The van der Waals surface area contributed by atoms with E-state index in [0.717, 1.165) is 24.9 Å². The lowest BCUT2D eigenvalue weighted by atomic mass is 9.87. The summed E-state index contributed by atoms with van der Waals surface area (Å²) in [6.45, 7) is 5.39. The summed E-state index contributed by atoms with van der Waals surface area (Å²) in [5.74, 6) is 0.702. The Morgan fingerprint density at radius 2 is 1.61 bits per heavy atom. The van der Waals surface area contributed by atoms with Crippen LogP contribution in [0.4, 0.5) is 0 Å². The standard InChI is InChI=1S/C21H27NO/c1-15(2)19-20(17-12-6-7-13-18(17)21(19)23)22-14-8-11-16-9-4-3-5-10-16/h3-7,9-10,12-13,15,19-23H,8,11,14H2,1-2H3. The Kier molecular flexibility index (Phi) is 5.14. The zero-order valence-electron chi connectivity index (χ0n) is 14.1. The summed E-state index contributed by atoms with van der Waals surface area (Å²) < 4.78 is 0. The van der Waals surface area contributed by atoms with Crippen molar-refractivity contribution in [2.75, 3.05) is 6.54 Å². The molecule has 2 aromatic rings. The van der Waals surface area contributed by atoms with Crippen LogP contribution in [0.5, 0.6) is 0 Å². The summed E-state index contributed by atoms with van der Waals surface area (Å²) in [5, 5.41) is 14.4. The van der Waals surface area contributed by atoms with E-state index in [9.17, 15) is 5.11 Å². The fraction of sp³-hybridized carbons (Fsp3) is 0.429. The van der Waals surface area contributed by atoms with Crippen LogP contribution in [-0.4, -0.2) is 11.7 Å². The van der Waals surface area contributed by atoms with Crippen LogP contribution in [-0.2, 0) is 6.42 Å². The monoisotopic (exact) mass is 309 g/mol. The number of fused-ring (bicyclic) bond motifs is 1. The molecule has 0 aliphatic heterocycles. The highest BCUT2D eigenvalue weighted by molar-refractivity contribution is 5.38. The summed E-state index contributed by atoms with van der Waals surface area (Å²) >= 11 is 0. The van der Waals surface area contributed by atoms with E-state index in [0.29, 0.717) is 5.92 Å². The van der Waals surface area contributed by atoms with Crippen LogP contribution < -0.4 is 5.32 Å². The van der Waals surface area contributed by atoms with Crippen LogP contribution in [0.2, 0.25) is 0 Å². The van der Waals surface area contributed by atoms with Crippen LogP contribution in [0.15, 0.2) is 54.6 Å². The quantitative estimate of drug-likeness (QED) is 0.781. The Balaban J connectivity index is 1.63. The molecule has 0 saturated heterocycles. The molecule has 3 atom stereocenters. The van der Waals surface area contributed by atoms with E-state index >= 15 is 0 Å². The number of aliphatic hydroxyl groups is 1. The average Bonchev–Trinajstić information content (AvgIpc) is 2.85.